The molecule has 1 amide bonds. The van der Waals surface area contributed by atoms with Crippen molar-refractivity contribution >= 4 is 6.09 Å². The number of carbonyl (C=O) groups is 1. The fourth-order valence-electron chi connectivity index (χ4n) is 0.823. The lowest BCUT2D eigenvalue weighted by Gasteiger charge is -2.15. The third kappa shape index (κ3) is 2.54. The summed E-state index contributed by atoms with van der Waals surface area (Å²) in [6, 6.07) is 0. The van der Waals surface area contributed by atoms with Crippen molar-refractivity contribution in [3.63, 3.8) is 0 Å². The van der Waals surface area contributed by atoms with Crippen LogP contribution in [0.1, 0.15) is 6.92 Å². The monoisotopic (exact) mass is 171 g/mol. The standard InChI is InChI=1S/C8H13NO3/c1-3-9(5-7-6-12-7)8(10)11-4-2/h3,7H,1,4-6H2,2H3. The minimum atomic E-state index is -0.358. The molecule has 0 aromatic carbocycles. The number of rotatable bonds is 4. The van der Waals surface area contributed by atoms with Crippen molar-refractivity contribution in [2.45, 2.75) is 13.0 Å². The maximum atomic E-state index is 11.1. The van der Waals surface area contributed by atoms with Crippen LogP contribution in [-0.2, 0) is 9.47 Å². The number of epoxide rings is 1. The van der Waals surface area contributed by atoms with Crippen molar-refractivity contribution < 1.29 is 14.3 Å². The molecule has 1 saturated heterocycles. The lowest BCUT2D eigenvalue weighted by molar-refractivity contribution is 0.120. The molecule has 12 heavy (non-hydrogen) atoms. The second-order valence-corrected chi connectivity index (χ2v) is 2.49. The highest BCUT2D eigenvalue weighted by atomic mass is 16.6. The van der Waals surface area contributed by atoms with Gasteiger partial charge in [0.05, 0.1) is 25.9 Å². The zero-order chi connectivity index (χ0) is 8.97. The Bertz CT molecular complexity index is 177. The lowest BCUT2D eigenvalue weighted by atomic mass is 10.4. The van der Waals surface area contributed by atoms with Crippen LogP contribution in [0.4, 0.5) is 4.79 Å². The molecule has 0 aromatic heterocycles. The molecule has 1 aliphatic heterocycles. The van der Waals surface area contributed by atoms with E-state index in [0.29, 0.717) is 13.2 Å². The van der Waals surface area contributed by atoms with Crippen molar-refractivity contribution in [2.75, 3.05) is 19.8 Å². The normalized spacial score (nSPS) is 19.9. The molecule has 0 spiro atoms. The van der Waals surface area contributed by atoms with Gasteiger partial charge in [0.1, 0.15) is 0 Å². The van der Waals surface area contributed by atoms with Gasteiger partial charge in [0, 0.05) is 6.20 Å². The van der Waals surface area contributed by atoms with Gasteiger partial charge in [-0.3, -0.25) is 4.90 Å². The van der Waals surface area contributed by atoms with Gasteiger partial charge in [-0.15, -0.1) is 0 Å². The summed E-state index contributed by atoms with van der Waals surface area (Å²) in [4.78, 5) is 12.5. The molecule has 1 rings (SSSR count). The topological polar surface area (TPSA) is 42.1 Å². The minimum Gasteiger partial charge on any atom is -0.449 e. The molecule has 1 aliphatic rings. The van der Waals surface area contributed by atoms with Crippen LogP contribution in [0.2, 0.25) is 0 Å². The van der Waals surface area contributed by atoms with Gasteiger partial charge < -0.3 is 9.47 Å². The molecule has 0 radical (unpaired) electrons. The summed E-state index contributed by atoms with van der Waals surface area (Å²) in [5.41, 5.74) is 0. The van der Waals surface area contributed by atoms with Gasteiger partial charge in [-0.1, -0.05) is 6.58 Å². The van der Waals surface area contributed by atoms with Crippen molar-refractivity contribution in [1.29, 1.82) is 0 Å². The van der Waals surface area contributed by atoms with E-state index in [4.69, 9.17) is 9.47 Å². The summed E-state index contributed by atoms with van der Waals surface area (Å²) in [5.74, 6) is 0. The van der Waals surface area contributed by atoms with E-state index in [9.17, 15) is 4.79 Å². The molecular formula is C8H13NO3. The number of nitrogens with zero attached hydrogens (tertiary/aromatic N) is 1. The largest absolute Gasteiger partial charge is 0.449 e. The third-order valence-corrected chi connectivity index (χ3v) is 1.53. The number of ether oxygens (including phenoxy) is 2. The molecule has 4 nitrogen and oxygen atoms in total. The number of hydrogen-bond donors (Lipinski definition) is 0. The van der Waals surface area contributed by atoms with Crippen LogP contribution in [0.25, 0.3) is 0 Å². The summed E-state index contributed by atoms with van der Waals surface area (Å²) in [5, 5.41) is 0. The summed E-state index contributed by atoms with van der Waals surface area (Å²) >= 11 is 0. The number of amides is 1. The predicted octanol–water partition coefficient (Wildman–Crippen LogP) is 0.987. The van der Waals surface area contributed by atoms with E-state index in [1.807, 2.05) is 0 Å². The Kier molecular flexibility index (Phi) is 3.10. The average molecular weight is 171 g/mol. The molecule has 1 heterocycles. The molecule has 1 unspecified atom stereocenters. The van der Waals surface area contributed by atoms with E-state index in [0.717, 1.165) is 6.61 Å². The first-order valence-corrected chi connectivity index (χ1v) is 3.95. The number of hydrogen-bond acceptors (Lipinski definition) is 3. The lowest BCUT2D eigenvalue weighted by Crippen LogP contribution is -2.29. The van der Waals surface area contributed by atoms with Gasteiger partial charge in [-0.05, 0) is 6.92 Å². The first-order valence-electron chi connectivity index (χ1n) is 3.95. The molecule has 0 N–H and O–H groups in total. The van der Waals surface area contributed by atoms with Crippen LogP contribution in [0.5, 0.6) is 0 Å². The fourth-order valence-corrected chi connectivity index (χ4v) is 0.823. The van der Waals surface area contributed by atoms with Gasteiger partial charge in [0.2, 0.25) is 0 Å². The maximum absolute atomic E-state index is 11.1. The Morgan fingerprint density at radius 1 is 1.92 bits per heavy atom. The Morgan fingerprint density at radius 2 is 2.58 bits per heavy atom. The van der Waals surface area contributed by atoms with Gasteiger partial charge in [0.25, 0.3) is 0 Å². The van der Waals surface area contributed by atoms with Crippen LogP contribution in [0.15, 0.2) is 12.8 Å². The highest BCUT2D eigenvalue weighted by molar-refractivity contribution is 5.68. The van der Waals surface area contributed by atoms with Gasteiger partial charge >= 0.3 is 6.09 Å². The van der Waals surface area contributed by atoms with Gasteiger partial charge in [-0.2, -0.15) is 0 Å². The van der Waals surface area contributed by atoms with Crippen LogP contribution in [0.3, 0.4) is 0 Å². The molecule has 4 heteroatoms. The summed E-state index contributed by atoms with van der Waals surface area (Å²) in [6.07, 6.45) is 1.27. The molecular weight excluding hydrogens is 158 g/mol. The van der Waals surface area contributed by atoms with Gasteiger partial charge in [0.15, 0.2) is 0 Å². The minimum absolute atomic E-state index is 0.174. The zero-order valence-corrected chi connectivity index (χ0v) is 7.16. The molecule has 0 aliphatic carbocycles. The van der Waals surface area contributed by atoms with E-state index in [-0.39, 0.29) is 12.2 Å². The number of carbonyl (C=O) groups excluding carboxylic acids is 1. The second-order valence-electron chi connectivity index (χ2n) is 2.49. The van der Waals surface area contributed by atoms with Crippen molar-refractivity contribution in [1.82, 2.24) is 4.90 Å². The molecule has 0 aromatic rings. The highest BCUT2D eigenvalue weighted by Crippen LogP contribution is 2.11. The van der Waals surface area contributed by atoms with Crippen LogP contribution in [-0.4, -0.2) is 36.9 Å². The smallest absolute Gasteiger partial charge is 0.413 e. The highest BCUT2D eigenvalue weighted by Gasteiger charge is 2.27. The molecule has 0 bridgehead atoms. The maximum Gasteiger partial charge on any atom is 0.413 e. The first-order chi connectivity index (χ1) is 5.77. The summed E-state index contributed by atoms with van der Waals surface area (Å²) in [6.45, 7) is 6.94. The van der Waals surface area contributed by atoms with Crippen molar-refractivity contribution in [3.8, 4) is 0 Å². The van der Waals surface area contributed by atoms with E-state index in [2.05, 4.69) is 6.58 Å². The Morgan fingerprint density at radius 3 is 3.00 bits per heavy atom. The molecule has 1 atom stereocenters. The molecule has 0 saturated carbocycles. The van der Waals surface area contributed by atoms with E-state index in [1.54, 1.807) is 6.92 Å². The van der Waals surface area contributed by atoms with E-state index in [1.165, 1.54) is 11.1 Å². The Labute approximate surface area is 71.7 Å². The Hall–Kier alpha value is -1.03. The average Bonchev–Trinajstić information content (AvgIpc) is 2.84. The van der Waals surface area contributed by atoms with E-state index >= 15 is 0 Å². The third-order valence-electron chi connectivity index (χ3n) is 1.53. The van der Waals surface area contributed by atoms with Crippen LogP contribution in [0, 0.1) is 0 Å². The summed E-state index contributed by atoms with van der Waals surface area (Å²) < 4.78 is 9.76. The van der Waals surface area contributed by atoms with Crippen molar-refractivity contribution in [3.05, 3.63) is 12.8 Å². The van der Waals surface area contributed by atoms with Crippen molar-refractivity contribution in [2.24, 2.45) is 0 Å². The second kappa shape index (κ2) is 4.11. The molecule has 68 valence electrons. The Balaban J connectivity index is 2.31. The van der Waals surface area contributed by atoms with Crippen LogP contribution < -0.4 is 0 Å². The fraction of sp³-hybridized carbons (Fsp3) is 0.625. The first kappa shape index (κ1) is 9.06. The predicted molar refractivity (Wildman–Crippen MR) is 43.7 cm³/mol. The van der Waals surface area contributed by atoms with E-state index < -0.39 is 0 Å². The molecule has 1 fully saturated rings. The zero-order valence-electron chi connectivity index (χ0n) is 7.16. The summed E-state index contributed by atoms with van der Waals surface area (Å²) in [7, 11) is 0. The quantitative estimate of drug-likeness (QED) is 0.592. The SMILES string of the molecule is C=CN(CC1CO1)C(=O)OCC. The van der Waals surface area contributed by atoms with Gasteiger partial charge in [-0.25, -0.2) is 4.79 Å². The van der Waals surface area contributed by atoms with Crippen LogP contribution >= 0.6 is 0 Å².